The van der Waals surface area contributed by atoms with Crippen molar-refractivity contribution in [3.05, 3.63) is 70.4 Å². The van der Waals surface area contributed by atoms with E-state index in [9.17, 15) is 4.79 Å². The lowest BCUT2D eigenvalue weighted by Crippen LogP contribution is -2.44. The van der Waals surface area contributed by atoms with Crippen LogP contribution in [0.5, 0.6) is 0 Å². The predicted molar refractivity (Wildman–Crippen MR) is 106 cm³/mol. The van der Waals surface area contributed by atoms with Gasteiger partial charge in [0.2, 0.25) is 0 Å². The first-order valence-corrected chi connectivity index (χ1v) is 9.52. The molecule has 136 valence electrons. The molecule has 0 aliphatic carbocycles. The van der Waals surface area contributed by atoms with E-state index in [2.05, 4.69) is 33.5 Å². The van der Waals surface area contributed by atoms with Crippen molar-refractivity contribution in [2.45, 2.75) is 25.8 Å². The molecule has 3 aromatic rings. The molecule has 1 N–H and O–H groups in total. The Hall–Kier alpha value is -2.79. The summed E-state index contributed by atoms with van der Waals surface area (Å²) in [4.78, 5) is 21.5. The highest BCUT2D eigenvalue weighted by molar-refractivity contribution is 5.68. The number of fused-ring (bicyclic) bond motifs is 4. The average molecular weight is 358 g/mol. The zero-order chi connectivity index (χ0) is 18.4. The Morgan fingerprint density at radius 3 is 2.52 bits per heavy atom. The van der Waals surface area contributed by atoms with Crippen molar-refractivity contribution in [2.75, 3.05) is 13.1 Å². The van der Waals surface area contributed by atoms with Crippen LogP contribution in [0, 0.1) is 12.8 Å². The van der Waals surface area contributed by atoms with E-state index in [1.807, 2.05) is 36.0 Å². The van der Waals surface area contributed by atoms with Crippen LogP contribution in [0.3, 0.4) is 0 Å². The lowest BCUT2D eigenvalue weighted by atomic mass is 9.83. The van der Waals surface area contributed by atoms with Gasteiger partial charge in [0.1, 0.15) is 0 Å². The van der Waals surface area contributed by atoms with Crippen molar-refractivity contribution in [1.82, 2.24) is 19.9 Å². The van der Waals surface area contributed by atoms with E-state index in [0.717, 1.165) is 47.7 Å². The molecule has 2 atom stereocenters. The normalized spacial score (nSPS) is 20.9. The largest absolute Gasteiger partial charge is 0.316 e. The van der Waals surface area contributed by atoms with Gasteiger partial charge in [-0.2, -0.15) is 0 Å². The molecule has 2 bridgehead atoms. The molecule has 1 fully saturated rings. The standard InChI is InChI=1S/C22H22N4O/c1-14-9-24-22(25-10-14)17-4-2-16(3-5-17)18-7-20-19-6-15(11-23-12-19)13-26(20)21(27)8-18/h2-5,7-10,15,19,23H,6,11-13H2,1H3/t15-,19+/m0/s1. The number of hydrogen-bond acceptors (Lipinski definition) is 4. The first-order valence-electron chi connectivity index (χ1n) is 9.52. The van der Waals surface area contributed by atoms with Crippen LogP contribution in [0.4, 0.5) is 0 Å². The summed E-state index contributed by atoms with van der Waals surface area (Å²) in [5.74, 6) is 1.73. The molecular formula is C22H22N4O. The molecule has 4 heterocycles. The summed E-state index contributed by atoms with van der Waals surface area (Å²) in [5.41, 5.74) is 5.36. The summed E-state index contributed by atoms with van der Waals surface area (Å²) in [7, 11) is 0. The molecule has 2 aromatic heterocycles. The van der Waals surface area contributed by atoms with Crippen LogP contribution in [-0.2, 0) is 6.54 Å². The molecule has 2 aliphatic heterocycles. The number of rotatable bonds is 2. The average Bonchev–Trinajstić information content (AvgIpc) is 2.70. The van der Waals surface area contributed by atoms with Crippen molar-refractivity contribution in [2.24, 2.45) is 5.92 Å². The Morgan fingerprint density at radius 1 is 1.00 bits per heavy atom. The Balaban J connectivity index is 1.51. The second-order valence-corrected chi connectivity index (χ2v) is 7.74. The van der Waals surface area contributed by atoms with Gasteiger partial charge in [-0.05, 0) is 48.6 Å². The summed E-state index contributed by atoms with van der Waals surface area (Å²) in [6.07, 6.45) is 4.83. The highest BCUT2D eigenvalue weighted by atomic mass is 16.1. The summed E-state index contributed by atoms with van der Waals surface area (Å²) in [6, 6.07) is 12.1. The van der Waals surface area contributed by atoms with Gasteiger partial charge >= 0.3 is 0 Å². The van der Waals surface area contributed by atoms with Crippen LogP contribution in [0.25, 0.3) is 22.5 Å². The second-order valence-electron chi connectivity index (χ2n) is 7.74. The van der Waals surface area contributed by atoms with Crippen molar-refractivity contribution in [3.8, 4) is 22.5 Å². The molecule has 0 saturated carbocycles. The molecule has 2 aliphatic rings. The Labute approximate surface area is 158 Å². The number of aromatic nitrogens is 3. The van der Waals surface area contributed by atoms with E-state index < -0.39 is 0 Å². The van der Waals surface area contributed by atoms with Crippen molar-refractivity contribution in [3.63, 3.8) is 0 Å². The second kappa shape index (κ2) is 6.43. The molecule has 0 amide bonds. The lowest BCUT2D eigenvalue weighted by Gasteiger charge is -2.37. The van der Waals surface area contributed by atoms with Crippen LogP contribution in [0.2, 0.25) is 0 Å². The number of pyridine rings is 1. The van der Waals surface area contributed by atoms with Gasteiger partial charge in [0.15, 0.2) is 5.82 Å². The molecule has 5 nitrogen and oxygen atoms in total. The number of hydrogen-bond donors (Lipinski definition) is 1. The molecule has 5 rings (SSSR count). The van der Waals surface area contributed by atoms with Crippen LogP contribution >= 0.6 is 0 Å². The minimum Gasteiger partial charge on any atom is -0.316 e. The minimum atomic E-state index is 0.116. The molecule has 5 heteroatoms. The molecule has 1 saturated heterocycles. The summed E-state index contributed by atoms with van der Waals surface area (Å²) < 4.78 is 1.98. The third-order valence-electron chi connectivity index (χ3n) is 5.72. The van der Waals surface area contributed by atoms with E-state index in [0.29, 0.717) is 11.8 Å². The molecule has 0 spiro atoms. The zero-order valence-electron chi connectivity index (χ0n) is 15.4. The summed E-state index contributed by atoms with van der Waals surface area (Å²) in [5, 5.41) is 3.51. The van der Waals surface area contributed by atoms with Gasteiger partial charge in [0.25, 0.3) is 5.56 Å². The predicted octanol–water partition coefficient (Wildman–Crippen LogP) is 2.99. The van der Waals surface area contributed by atoms with Crippen LogP contribution in [-0.4, -0.2) is 27.6 Å². The summed E-state index contributed by atoms with van der Waals surface area (Å²) >= 11 is 0. The van der Waals surface area contributed by atoms with Gasteiger partial charge in [0, 0.05) is 48.7 Å². The van der Waals surface area contributed by atoms with E-state index in [-0.39, 0.29) is 5.56 Å². The maximum Gasteiger partial charge on any atom is 0.251 e. The lowest BCUT2D eigenvalue weighted by molar-refractivity contribution is 0.257. The Bertz CT molecular complexity index is 1040. The SMILES string of the molecule is Cc1cnc(-c2ccc(-c3cc4n(c(=O)c3)C[C@@H]3CNC[C@H]4C3)cc2)nc1. The van der Waals surface area contributed by atoms with Crippen LogP contribution < -0.4 is 10.9 Å². The van der Waals surface area contributed by atoms with Crippen molar-refractivity contribution < 1.29 is 0 Å². The van der Waals surface area contributed by atoms with Gasteiger partial charge in [-0.25, -0.2) is 9.97 Å². The highest BCUT2D eigenvalue weighted by Crippen LogP contribution is 2.34. The maximum atomic E-state index is 12.7. The molecule has 0 unspecified atom stereocenters. The number of nitrogens with one attached hydrogen (secondary N) is 1. The van der Waals surface area contributed by atoms with E-state index in [1.165, 1.54) is 12.1 Å². The Morgan fingerprint density at radius 2 is 1.74 bits per heavy atom. The first kappa shape index (κ1) is 16.4. The van der Waals surface area contributed by atoms with E-state index in [1.54, 1.807) is 6.07 Å². The maximum absolute atomic E-state index is 12.7. The summed E-state index contributed by atoms with van der Waals surface area (Å²) in [6.45, 7) is 4.79. The zero-order valence-corrected chi connectivity index (χ0v) is 15.4. The van der Waals surface area contributed by atoms with Crippen LogP contribution in [0.1, 0.15) is 23.6 Å². The monoisotopic (exact) mass is 358 g/mol. The van der Waals surface area contributed by atoms with Gasteiger partial charge in [-0.1, -0.05) is 24.3 Å². The third-order valence-corrected chi connectivity index (χ3v) is 5.72. The molecule has 27 heavy (non-hydrogen) atoms. The highest BCUT2D eigenvalue weighted by Gasteiger charge is 2.31. The molecule has 0 radical (unpaired) electrons. The third kappa shape index (κ3) is 2.98. The van der Waals surface area contributed by atoms with Crippen molar-refractivity contribution >= 4 is 0 Å². The number of piperidine rings is 1. The molecular weight excluding hydrogens is 336 g/mol. The van der Waals surface area contributed by atoms with Crippen LogP contribution in [0.15, 0.2) is 53.6 Å². The number of benzene rings is 1. The number of aryl methyl sites for hydroxylation is 1. The first-order chi connectivity index (χ1) is 13.2. The minimum absolute atomic E-state index is 0.116. The van der Waals surface area contributed by atoms with Gasteiger partial charge in [-0.3, -0.25) is 4.79 Å². The van der Waals surface area contributed by atoms with Gasteiger partial charge in [-0.15, -0.1) is 0 Å². The number of nitrogens with zero attached hydrogens (tertiary/aromatic N) is 3. The quantitative estimate of drug-likeness (QED) is 0.765. The smallest absolute Gasteiger partial charge is 0.251 e. The fourth-order valence-electron chi connectivity index (χ4n) is 4.32. The Kier molecular flexibility index (Phi) is 3.90. The van der Waals surface area contributed by atoms with E-state index >= 15 is 0 Å². The van der Waals surface area contributed by atoms with Gasteiger partial charge in [0.05, 0.1) is 0 Å². The molecule has 1 aromatic carbocycles. The van der Waals surface area contributed by atoms with Gasteiger partial charge < -0.3 is 9.88 Å². The fourth-order valence-corrected chi connectivity index (χ4v) is 4.32. The van der Waals surface area contributed by atoms with Crippen molar-refractivity contribution in [1.29, 1.82) is 0 Å². The fraction of sp³-hybridized carbons (Fsp3) is 0.318. The topological polar surface area (TPSA) is 59.8 Å². The van der Waals surface area contributed by atoms with E-state index in [4.69, 9.17) is 0 Å².